The highest BCUT2D eigenvalue weighted by Gasteiger charge is 2.39. The molecule has 3 aromatic carbocycles. The van der Waals surface area contributed by atoms with Gasteiger partial charge in [-0.15, -0.1) is 5.10 Å². The molecule has 10 rings (SSSR count). The maximum Gasteiger partial charge on any atom is 0.214 e. The fourth-order valence-corrected chi connectivity index (χ4v) is 9.26. The summed E-state index contributed by atoms with van der Waals surface area (Å²) in [6.07, 6.45) is 5.15. The van der Waals surface area contributed by atoms with Gasteiger partial charge in [0.15, 0.2) is 0 Å². The molecule has 1 saturated carbocycles. The van der Waals surface area contributed by atoms with Gasteiger partial charge in [0.25, 0.3) is 0 Å². The number of nitrogens with zero attached hydrogens (tertiary/aromatic N) is 8. The number of amidine groups is 1. The van der Waals surface area contributed by atoms with Gasteiger partial charge in [-0.1, -0.05) is 11.8 Å². The predicted octanol–water partition coefficient (Wildman–Crippen LogP) is 4.88. The molecule has 2 N–H and O–H groups in total. The van der Waals surface area contributed by atoms with Crippen molar-refractivity contribution in [1.29, 1.82) is 0 Å². The van der Waals surface area contributed by atoms with Crippen LogP contribution < -0.4 is 41.3 Å². The molecule has 4 aliphatic heterocycles. The van der Waals surface area contributed by atoms with Gasteiger partial charge in [-0.3, -0.25) is 14.6 Å². The Labute approximate surface area is 322 Å². The van der Waals surface area contributed by atoms with Gasteiger partial charge in [-0.25, -0.2) is 27.6 Å². The number of anilines is 4. The Kier molecular flexibility index (Phi) is 8.45. The molecule has 0 radical (unpaired) electrons. The van der Waals surface area contributed by atoms with Gasteiger partial charge < -0.3 is 29.6 Å². The monoisotopic (exact) mass is 786 g/mol. The van der Waals surface area contributed by atoms with Gasteiger partial charge in [0.05, 0.1) is 44.7 Å². The molecular weight excluding hydrogens is 749 g/mol. The first-order valence-electron chi connectivity index (χ1n) is 18.8. The van der Waals surface area contributed by atoms with Gasteiger partial charge in [-0.05, 0) is 56.2 Å². The zero-order chi connectivity index (χ0) is 38.4. The molecule has 17 heteroatoms. The number of nitrogens with one attached hydrogen (secondary N) is 2. The number of pyridine rings is 2. The highest BCUT2D eigenvalue weighted by Crippen LogP contribution is 2.40. The highest BCUT2D eigenvalue weighted by molar-refractivity contribution is 8.14. The van der Waals surface area contributed by atoms with Crippen molar-refractivity contribution in [2.45, 2.75) is 31.8 Å². The standard InChI is InChI=1S/C39H38F4N10O2S/c1-22-17-48(11-8-45-22)34-16-32-26(14-29(34)43)38(55)36(19-50(32)30-5-2-23(40)12-27(30)41)53-21-56-39-46-51(20-52(39)53)35-18-49(24-3-4-24)31-15-33(47-9-6-44-7-10-47)28(42)13-25(31)37(35)54/h2,5,12-16,18-19,22,24,44-45H,3-4,6-11,17,20-21H2,1H3. The van der Waals surface area contributed by atoms with Crippen LogP contribution in [0.25, 0.3) is 27.5 Å². The molecule has 1 unspecified atom stereocenters. The minimum atomic E-state index is -0.854. The smallest absolute Gasteiger partial charge is 0.214 e. The number of rotatable bonds is 6. The van der Waals surface area contributed by atoms with Crippen LogP contribution in [0, 0.1) is 23.3 Å². The summed E-state index contributed by atoms with van der Waals surface area (Å²) < 4.78 is 64.9. The molecule has 1 atom stereocenters. The Bertz CT molecular complexity index is 2590. The Morgan fingerprint density at radius 2 is 1.41 bits per heavy atom. The maximum absolute atomic E-state index is 16.0. The molecule has 3 saturated heterocycles. The van der Waals surface area contributed by atoms with E-state index in [1.165, 1.54) is 40.7 Å². The molecule has 2 aromatic heterocycles. The molecule has 6 heterocycles. The molecule has 1 aliphatic carbocycles. The summed E-state index contributed by atoms with van der Waals surface area (Å²) >= 11 is 1.33. The third-order valence-electron chi connectivity index (χ3n) is 11.3. The topological polar surface area (TPSA) is 96.6 Å². The number of hydrogen-bond acceptors (Lipinski definition) is 11. The van der Waals surface area contributed by atoms with Crippen molar-refractivity contribution in [3.8, 4) is 5.69 Å². The number of hydrazone groups is 1. The number of hydrogen-bond donors (Lipinski definition) is 2. The average molecular weight is 787 g/mol. The van der Waals surface area contributed by atoms with Crippen molar-refractivity contribution in [3.63, 3.8) is 0 Å². The summed E-state index contributed by atoms with van der Waals surface area (Å²) in [5.74, 6) is -2.40. The molecule has 0 spiro atoms. The minimum absolute atomic E-state index is 0.0168. The van der Waals surface area contributed by atoms with Crippen LogP contribution in [0.15, 0.2) is 69.5 Å². The van der Waals surface area contributed by atoms with Crippen LogP contribution in [0.3, 0.4) is 0 Å². The van der Waals surface area contributed by atoms with Crippen molar-refractivity contribution in [2.75, 3.05) is 78.2 Å². The quantitative estimate of drug-likeness (QED) is 0.232. The molecule has 290 valence electrons. The molecule has 5 aromatic rings. The van der Waals surface area contributed by atoms with Crippen molar-refractivity contribution < 1.29 is 17.6 Å². The Balaban J connectivity index is 1.04. The number of halogens is 4. The molecule has 5 aliphatic rings. The number of aromatic nitrogens is 2. The normalized spacial score (nSPS) is 20.1. The second-order valence-corrected chi connectivity index (χ2v) is 15.9. The maximum atomic E-state index is 16.0. The first-order chi connectivity index (χ1) is 27.1. The van der Waals surface area contributed by atoms with Crippen molar-refractivity contribution in [2.24, 2.45) is 5.10 Å². The SMILES string of the molecule is CC1CN(c2cc3c(cc2F)c(=O)c(N2CSC4=NN(c5cn(C6CC6)c6cc(N7CCNCC7)c(F)cc6c5=O)CN42)cn3-c2ccc(F)cc2F)CCN1. The van der Waals surface area contributed by atoms with E-state index in [-0.39, 0.29) is 69.1 Å². The van der Waals surface area contributed by atoms with Crippen LogP contribution in [0.4, 0.5) is 40.3 Å². The minimum Gasteiger partial charge on any atom is -0.367 e. The van der Waals surface area contributed by atoms with E-state index in [9.17, 15) is 14.0 Å². The van der Waals surface area contributed by atoms with Gasteiger partial charge in [-0.2, -0.15) is 0 Å². The molecule has 56 heavy (non-hydrogen) atoms. The van der Waals surface area contributed by atoms with E-state index in [2.05, 4.69) is 15.2 Å². The first-order valence-corrected chi connectivity index (χ1v) is 19.8. The predicted molar refractivity (Wildman–Crippen MR) is 212 cm³/mol. The summed E-state index contributed by atoms with van der Waals surface area (Å²) in [6, 6.07) is 9.33. The third kappa shape index (κ3) is 5.86. The van der Waals surface area contributed by atoms with E-state index in [1.807, 2.05) is 16.7 Å². The lowest BCUT2D eigenvalue weighted by Crippen LogP contribution is -2.49. The van der Waals surface area contributed by atoms with Crippen molar-refractivity contribution in [1.82, 2.24) is 24.8 Å². The van der Waals surface area contributed by atoms with E-state index in [4.69, 9.17) is 5.10 Å². The van der Waals surface area contributed by atoms with Crippen molar-refractivity contribution >= 4 is 61.5 Å². The Hall–Kier alpha value is -5.26. The lowest BCUT2D eigenvalue weighted by Gasteiger charge is -2.34. The zero-order valence-electron chi connectivity index (χ0n) is 30.4. The summed E-state index contributed by atoms with van der Waals surface area (Å²) in [6.45, 7) is 6.58. The fraction of sp³-hybridized carbons (Fsp3) is 0.359. The van der Waals surface area contributed by atoms with E-state index >= 15 is 13.2 Å². The molecule has 0 amide bonds. The van der Waals surface area contributed by atoms with Crippen LogP contribution in [-0.2, 0) is 0 Å². The van der Waals surface area contributed by atoms with E-state index in [1.54, 1.807) is 33.4 Å². The van der Waals surface area contributed by atoms with E-state index < -0.39 is 28.7 Å². The lowest BCUT2D eigenvalue weighted by atomic mass is 10.1. The molecular formula is C39H38F4N10O2S. The number of thioether (sulfide) groups is 1. The highest BCUT2D eigenvalue weighted by atomic mass is 32.2. The third-order valence-corrected chi connectivity index (χ3v) is 12.2. The number of piperazine rings is 2. The van der Waals surface area contributed by atoms with Crippen LogP contribution in [-0.4, -0.2) is 83.7 Å². The van der Waals surface area contributed by atoms with E-state index in [0.29, 0.717) is 49.1 Å². The average Bonchev–Trinajstić information content (AvgIpc) is 3.83. The largest absolute Gasteiger partial charge is 0.367 e. The molecule has 12 nitrogen and oxygen atoms in total. The summed E-state index contributed by atoms with van der Waals surface area (Å²) in [5, 5.41) is 17.2. The van der Waals surface area contributed by atoms with Gasteiger partial charge in [0, 0.05) is 76.4 Å². The second-order valence-electron chi connectivity index (χ2n) is 15.0. The van der Waals surface area contributed by atoms with Gasteiger partial charge in [0.2, 0.25) is 16.0 Å². The van der Waals surface area contributed by atoms with Crippen LogP contribution in [0.2, 0.25) is 0 Å². The van der Waals surface area contributed by atoms with Crippen LogP contribution in [0.1, 0.15) is 25.8 Å². The van der Waals surface area contributed by atoms with Gasteiger partial charge in [0.1, 0.15) is 41.3 Å². The fourth-order valence-electron chi connectivity index (χ4n) is 8.28. The van der Waals surface area contributed by atoms with Gasteiger partial charge >= 0.3 is 0 Å². The lowest BCUT2D eigenvalue weighted by molar-refractivity contribution is 0.443. The van der Waals surface area contributed by atoms with Crippen LogP contribution >= 0.6 is 11.8 Å². The summed E-state index contributed by atoms with van der Waals surface area (Å²) in [7, 11) is 0. The summed E-state index contributed by atoms with van der Waals surface area (Å²) in [4.78, 5) is 32.4. The Morgan fingerprint density at radius 3 is 2.14 bits per heavy atom. The Morgan fingerprint density at radius 1 is 0.732 bits per heavy atom. The van der Waals surface area contributed by atoms with Crippen LogP contribution in [0.5, 0.6) is 0 Å². The summed E-state index contributed by atoms with van der Waals surface area (Å²) in [5.41, 5.74) is 1.20. The van der Waals surface area contributed by atoms with Crippen molar-refractivity contribution in [3.05, 3.63) is 98.6 Å². The first kappa shape index (κ1) is 35.2. The zero-order valence-corrected chi connectivity index (χ0v) is 31.3. The molecule has 4 fully saturated rings. The second kappa shape index (κ2) is 13.4. The number of hydrazine groups is 1. The number of benzene rings is 3. The molecule has 0 bridgehead atoms. The van der Waals surface area contributed by atoms with E-state index in [0.717, 1.165) is 38.1 Å². The number of fused-ring (bicyclic) bond motifs is 3.